The molecule has 174 valence electrons. The van der Waals surface area contributed by atoms with Crippen molar-refractivity contribution in [1.29, 1.82) is 0 Å². The Morgan fingerprint density at radius 1 is 1.15 bits per heavy atom. The summed E-state index contributed by atoms with van der Waals surface area (Å²) in [5.41, 5.74) is 3.55. The third-order valence-electron chi connectivity index (χ3n) is 6.26. The minimum absolute atomic E-state index is 0.0693. The normalized spacial score (nSPS) is 21.1. The van der Waals surface area contributed by atoms with E-state index in [4.69, 9.17) is 9.84 Å². The van der Waals surface area contributed by atoms with Crippen LogP contribution in [0.1, 0.15) is 55.3 Å². The molecule has 1 fully saturated rings. The summed E-state index contributed by atoms with van der Waals surface area (Å²) >= 11 is 0. The molecule has 0 N–H and O–H groups in total. The molecule has 7 heteroatoms. The van der Waals surface area contributed by atoms with E-state index in [1.807, 2.05) is 42.2 Å². The van der Waals surface area contributed by atoms with Crippen LogP contribution in [0.5, 0.6) is 0 Å². The molecule has 2 aromatic rings. The number of halogens is 1. The van der Waals surface area contributed by atoms with Crippen LogP contribution in [0.2, 0.25) is 0 Å². The Morgan fingerprint density at radius 2 is 1.97 bits per heavy atom. The van der Waals surface area contributed by atoms with Gasteiger partial charge in [-0.15, -0.1) is 0 Å². The number of ether oxygens (including phenoxy) is 1. The molecule has 0 bridgehead atoms. The van der Waals surface area contributed by atoms with Gasteiger partial charge in [0.1, 0.15) is 11.9 Å². The van der Waals surface area contributed by atoms with E-state index in [9.17, 15) is 14.0 Å². The van der Waals surface area contributed by atoms with Gasteiger partial charge in [-0.1, -0.05) is 48.4 Å². The fourth-order valence-corrected chi connectivity index (χ4v) is 4.64. The first-order valence-electron chi connectivity index (χ1n) is 11.6. The zero-order valence-corrected chi connectivity index (χ0v) is 19.2. The van der Waals surface area contributed by atoms with Crippen LogP contribution < -0.4 is 0 Å². The molecular weight excluding hydrogens is 421 g/mol. The van der Waals surface area contributed by atoms with Crippen LogP contribution in [0.25, 0.3) is 0 Å². The zero-order valence-electron chi connectivity index (χ0n) is 19.2. The van der Waals surface area contributed by atoms with Gasteiger partial charge in [0.2, 0.25) is 0 Å². The molecule has 2 aliphatic heterocycles. The van der Waals surface area contributed by atoms with E-state index >= 15 is 0 Å². The van der Waals surface area contributed by atoms with E-state index in [1.54, 1.807) is 13.0 Å². The van der Waals surface area contributed by atoms with Gasteiger partial charge in [0, 0.05) is 6.42 Å². The lowest BCUT2D eigenvalue weighted by molar-refractivity contribution is -0.152. The van der Waals surface area contributed by atoms with Crippen LogP contribution in [-0.2, 0) is 14.3 Å². The maximum Gasteiger partial charge on any atom is 0.323 e. The van der Waals surface area contributed by atoms with Crippen molar-refractivity contribution < 1.29 is 18.7 Å². The maximum atomic E-state index is 14.0. The number of amides is 1. The molecule has 0 radical (unpaired) electrons. The third kappa shape index (κ3) is 5.30. The Kier molecular flexibility index (Phi) is 7.18. The SMILES string of the molecule is CCOC(=O)[C@H]1CCCCN1CC(=O)N1N=C(c2cccc(C)c2)C[C@H]1c1cccc(F)c1. The lowest BCUT2D eigenvalue weighted by atomic mass is 9.97. The summed E-state index contributed by atoms with van der Waals surface area (Å²) in [6.07, 6.45) is 3.03. The van der Waals surface area contributed by atoms with Gasteiger partial charge in [-0.3, -0.25) is 14.5 Å². The first-order chi connectivity index (χ1) is 16.0. The fourth-order valence-electron chi connectivity index (χ4n) is 4.64. The Morgan fingerprint density at radius 3 is 2.73 bits per heavy atom. The predicted octanol–water partition coefficient (Wildman–Crippen LogP) is 4.23. The number of carbonyl (C=O) groups is 2. The molecule has 6 nitrogen and oxygen atoms in total. The van der Waals surface area contributed by atoms with Crippen molar-refractivity contribution in [2.75, 3.05) is 19.7 Å². The molecule has 33 heavy (non-hydrogen) atoms. The molecule has 0 unspecified atom stereocenters. The van der Waals surface area contributed by atoms with Gasteiger partial charge in [0.25, 0.3) is 5.91 Å². The van der Waals surface area contributed by atoms with Gasteiger partial charge in [-0.25, -0.2) is 9.40 Å². The molecule has 2 aliphatic rings. The predicted molar refractivity (Wildman–Crippen MR) is 124 cm³/mol. The summed E-state index contributed by atoms with van der Waals surface area (Å²) in [7, 11) is 0. The number of hydrazone groups is 1. The van der Waals surface area contributed by atoms with E-state index < -0.39 is 12.1 Å². The van der Waals surface area contributed by atoms with Crippen molar-refractivity contribution in [3.05, 3.63) is 71.0 Å². The Balaban J connectivity index is 1.60. The van der Waals surface area contributed by atoms with Crippen molar-refractivity contribution in [3.8, 4) is 0 Å². The van der Waals surface area contributed by atoms with E-state index in [2.05, 4.69) is 0 Å². The number of piperidine rings is 1. The van der Waals surface area contributed by atoms with E-state index in [0.717, 1.165) is 29.7 Å². The molecule has 2 aromatic carbocycles. The van der Waals surface area contributed by atoms with Gasteiger partial charge in [-0.05, 0) is 56.5 Å². The highest BCUT2D eigenvalue weighted by atomic mass is 19.1. The highest BCUT2D eigenvalue weighted by Crippen LogP contribution is 2.33. The van der Waals surface area contributed by atoms with Gasteiger partial charge >= 0.3 is 5.97 Å². The zero-order chi connectivity index (χ0) is 23.4. The maximum absolute atomic E-state index is 14.0. The van der Waals surface area contributed by atoms with Crippen LogP contribution in [0.3, 0.4) is 0 Å². The molecule has 0 aliphatic carbocycles. The number of aryl methyl sites for hydroxylation is 1. The summed E-state index contributed by atoms with van der Waals surface area (Å²) in [6, 6.07) is 13.5. The quantitative estimate of drug-likeness (QED) is 0.617. The minimum Gasteiger partial charge on any atom is -0.465 e. The number of rotatable bonds is 6. The first kappa shape index (κ1) is 23.1. The number of esters is 1. The van der Waals surface area contributed by atoms with E-state index in [-0.39, 0.29) is 24.2 Å². The number of benzene rings is 2. The summed E-state index contributed by atoms with van der Waals surface area (Å²) in [5.74, 6) is -0.831. The summed E-state index contributed by atoms with van der Waals surface area (Å²) in [6.45, 7) is 4.83. The molecule has 2 atom stereocenters. The lowest BCUT2D eigenvalue weighted by Gasteiger charge is -2.34. The highest BCUT2D eigenvalue weighted by molar-refractivity contribution is 6.03. The number of likely N-dealkylation sites (tertiary alicyclic amines) is 1. The average Bonchev–Trinajstić information content (AvgIpc) is 3.25. The third-order valence-corrected chi connectivity index (χ3v) is 6.26. The first-order valence-corrected chi connectivity index (χ1v) is 11.6. The van der Waals surface area contributed by atoms with Crippen molar-refractivity contribution in [2.45, 2.75) is 51.6 Å². The monoisotopic (exact) mass is 451 g/mol. The van der Waals surface area contributed by atoms with Gasteiger partial charge in [-0.2, -0.15) is 5.10 Å². The van der Waals surface area contributed by atoms with Crippen molar-refractivity contribution >= 4 is 17.6 Å². The van der Waals surface area contributed by atoms with Crippen LogP contribution in [0.15, 0.2) is 53.6 Å². The van der Waals surface area contributed by atoms with Crippen LogP contribution >= 0.6 is 0 Å². The molecule has 0 aromatic heterocycles. The molecule has 0 spiro atoms. The molecule has 1 saturated heterocycles. The Bertz CT molecular complexity index is 1050. The second-order valence-corrected chi connectivity index (χ2v) is 8.66. The average molecular weight is 452 g/mol. The highest BCUT2D eigenvalue weighted by Gasteiger charge is 2.37. The topological polar surface area (TPSA) is 62.2 Å². The van der Waals surface area contributed by atoms with E-state index in [1.165, 1.54) is 17.1 Å². The second-order valence-electron chi connectivity index (χ2n) is 8.66. The van der Waals surface area contributed by atoms with E-state index in [0.29, 0.717) is 31.6 Å². The summed E-state index contributed by atoms with van der Waals surface area (Å²) in [4.78, 5) is 27.8. The van der Waals surface area contributed by atoms with Crippen molar-refractivity contribution in [3.63, 3.8) is 0 Å². The van der Waals surface area contributed by atoms with Crippen molar-refractivity contribution in [2.24, 2.45) is 5.10 Å². The standard InChI is InChI=1S/C26H30FN3O3/c1-3-33-26(32)23-12-4-5-13-29(23)17-25(31)30-24(20-10-7-11-21(27)15-20)16-22(28-30)19-9-6-8-18(2)14-19/h6-11,14-15,23-24H,3-5,12-13,16-17H2,1-2H3/t23-,24+/m1/s1. The number of carbonyl (C=O) groups excluding carboxylic acids is 2. The van der Waals surface area contributed by atoms with Crippen LogP contribution in [-0.4, -0.2) is 53.2 Å². The molecule has 2 heterocycles. The summed E-state index contributed by atoms with van der Waals surface area (Å²) < 4.78 is 19.2. The van der Waals surface area contributed by atoms with Gasteiger partial charge < -0.3 is 4.74 Å². The largest absolute Gasteiger partial charge is 0.465 e. The molecule has 1 amide bonds. The smallest absolute Gasteiger partial charge is 0.323 e. The fraction of sp³-hybridized carbons (Fsp3) is 0.423. The van der Waals surface area contributed by atoms with Gasteiger partial charge in [0.15, 0.2) is 0 Å². The van der Waals surface area contributed by atoms with Gasteiger partial charge in [0.05, 0.1) is 24.9 Å². The Labute approximate surface area is 194 Å². The van der Waals surface area contributed by atoms with Crippen LogP contribution in [0.4, 0.5) is 4.39 Å². The lowest BCUT2D eigenvalue weighted by Crippen LogP contribution is -2.49. The minimum atomic E-state index is -0.418. The molecule has 0 saturated carbocycles. The Hall–Kier alpha value is -3.06. The van der Waals surface area contributed by atoms with Crippen LogP contribution in [0, 0.1) is 12.7 Å². The summed E-state index contributed by atoms with van der Waals surface area (Å²) in [5, 5.41) is 6.17. The van der Waals surface area contributed by atoms with Crippen molar-refractivity contribution in [1.82, 2.24) is 9.91 Å². The molecule has 4 rings (SSSR count). The molecular formula is C26H30FN3O3. The number of hydrogen-bond acceptors (Lipinski definition) is 5. The second kappa shape index (κ2) is 10.3. The number of hydrogen-bond donors (Lipinski definition) is 0. The number of nitrogens with zero attached hydrogens (tertiary/aromatic N) is 3.